The maximum Gasteiger partial charge on any atom is 0.272 e. The summed E-state index contributed by atoms with van der Waals surface area (Å²) < 4.78 is 0. The molecule has 0 aliphatic rings. The third-order valence-electron chi connectivity index (χ3n) is 4.01. The molecule has 0 heterocycles. The molecule has 0 aromatic heterocycles. The topological polar surface area (TPSA) is 72.4 Å². The Morgan fingerprint density at radius 2 is 1.83 bits per heavy atom. The summed E-state index contributed by atoms with van der Waals surface area (Å²) in [6, 6.07) is 15.6. The highest BCUT2D eigenvalue weighted by Crippen LogP contribution is 2.22. The smallest absolute Gasteiger partial charge is 0.272 e. The molecule has 0 radical (unpaired) electrons. The van der Waals surface area contributed by atoms with E-state index in [9.17, 15) is 10.1 Å². The highest BCUT2D eigenvalue weighted by Gasteiger charge is 2.15. The lowest BCUT2D eigenvalue weighted by molar-refractivity contribution is -0.385. The predicted molar refractivity (Wildman–Crippen MR) is 92.3 cm³/mol. The number of nitro groups is 1. The van der Waals surface area contributed by atoms with Crippen LogP contribution in [0.5, 0.6) is 0 Å². The molecule has 0 fully saturated rings. The van der Waals surface area contributed by atoms with Gasteiger partial charge in [0.25, 0.3) is 5.69 Å². The van der Waals surface area contributed by atoms with Crippen LogP contribution in [0.4, 0.5) is 5.69 Å². The fourth-order valence-electron chi connectivity index (χ4n) is 2.66. The maximum absolute atomic E-state index is 11.1. The van der Waals surface area contributed by atoms with E-state index in [0.717, 1.165) is 30.6 Å². The Hall–Kier alpha value is -2.24. The molecule has 5 nitrogen and oxygen atoms in total. The largest absolute Gasteiger partial charge is 0.329 e. The van der Waals surface area contributed by atoms with Gasteiger partial charge in [-0.15, -0.1) is 0 Å². The first-order valence-corrected chi connectivity index (χ1v) is 7.81. The van der Waals surface area contributed by atoms with Crippen LogP contribution in [-0.2, 0) is 13.0 Å². The zero-order valence-corrected chi connectivity index (χ0v) is 13.4. The summed E-state index contributed by atoms with van der Waals surface area (Å²) in [5.74, 6) is 0. The molecule has 0 saturated carbocycles. The third-order valence-corrected chi connectivity index (χ3v) is 4.01. The van der Waals surface area contributed by atoms with Gasteiger partial charge >= 0.3 is 0 Å². The van der Waals surface area contributed by atoms with E-state index < -0.39 is 0 Å². The van der Waals surface area contributed by atoms with Crippen molar-refractivity contribution in [3.63, 3.8) is 0 Å². The number of hydrogen-bond donors (Lipinski definition) is 1. The summed E-state index contributed by atoms with van der Waals surface area (Å²) in [5.41, 5.74) is 8.90. The van der Waals surface area contributed by atoms with Gasteiger partial charge in [-0.1, -0.05) is 42.5 Å². The molecule has 23 heavy (non-hydrogen) atoms. The van der Waals surface area contributed by atoms with Gasteiger partial charge in [-0.3, -0.25) is 15.0 Å². The Bertz CT molecular complexity index is 644. The van der Waals surface area contributed by atoms with E-state index >= 15 is 0 Å². The van der Waals surface area contributed by atoms with Crippen molar-refractivity contribution in [1.82, 2.24) is 4.90 Å². The highest BCUT2D eigenvalue weighted by molar-refractivity contribution is 5.44. The number of nitrogens with two attached hydrogens (primary N) is 1. The number of nitro benzene ring substituents is 1. The van der Waals surface area contributed by atoms with E-state index in [0.29, 0.717) is 13.1 Å². The summed E-state index contributed by atoms with van der Waals surface area (Å²) in [4.78, 5) is 13.0. The third kappa shape index (κ3) is 4.87. The zero-order chi connectivity index (χ0) is 16.7. The van der Waals surface area contributed by atoms with Gasteiger partial charge < -0.3 is 5.73 Å². The van der Waals surface area contributed by atoms with Crippen LogP contribution in [0, 0.1) is 17.0 Å². The second kappa shape index (κ2) is 8.41. The second-order valence-electron chi connectivity index (χ2n) is 5.62. The van der Waals surface area contributed by atoms with Crippen LogP contribution in [-0.4, -0.2) is 29.5 Å². The van der Waals surface area contributed by atoms with Gasteiger partial charge in [0.15, 0.2) is 0 Å². The minimum Gasteiger partial charge on any atom is -0.329 e. The SMILES string of the molecule is Cc1c(CN(CCN)CCc2ccccc2)cccc1[N+](=O)[O-]. The van der Waals surface area contributed by atoms with Crippen LogP contribution in [0.3, 0.4) is 0 Å². The second-order valence-corrected chi connectivity index (χ2v) is 5.62. The van der Waals surface area contributed by atoms with E-state index in [4.69, 9.17) is 5.73 Å². The molecule has 2 aromatic carbocycles. The predicted octanol–water partition coefficient (Wildman–Crippen LogP) is 2.91. The molecule has 0 atom stereocenters. The number of rotatable bonds is 8. The number of nitrogens with zero attached hydrogens (tertiary/aromatic N) is 2. The van der Waals surface area contributed by atoms with Crippen molar-refractivity contribution in [3.8, 4) is 0 Å². The first-order valence-electron chi connectivity index (χ1n) is 7.81. The summed E-state index contributed by atoms with van der Waals surface area (Å²) in [5, 5.41) is 11.1. The highest BCUT2D eigenvalue weighted by atomic mass is 16.6. The molecular weight excluding hydrogens is 290 g/mol. The van der Waals surface area contributed by atoms with Gasteiger partial charge in [-0.25, -0.2) is 0 Å². The van der Waals surface area contributed by atoms with Gasteiger partial charge in [0.1, 0.15) is 0 Å². The van der Waals surface area contributed by atoms with Gasteiger partial charge in [-0.05, 0) is 24.5 Å². The average Bonchev–Trinajstić information content (AvgIpc) is 2.55. The Morgan fingerprint density at radius 3 is 2.48 bits per heavy atom. The molecular formula is C18H23N3O2. The van der Waals surface area contributed by atoms with Gasteiger partial charge in [0, 0.05) is 37.8 Å². The lowest BCUT2D eigenvalue weighted by Crippen LogP contribution is -2.31. The Balaban J connectivity index is 2.07. The van der Waals surface area contributed by atoms with Crippen molar-refractivity contribution in [2.75, 3.05) is 19.6 Å². The molecule has 0 saturated heterocycles. The number of hydrogen-bond acceptors (Lipinski definition) is 4. The lowest BCUT2D eigenvalue weighted by Gasteiger charge is -2.22. The van der Waals surface area contributed by atoms with E-state index in [-0.39, 0.29) is 10.6 Å². The van der Waals surface area contributed by atoms with Crippen molar-refractivity contribution >= 4 is 5.69 Å². The molecule has 0 amide bonds. The van der Waals surface area contributed by atoms with Crippen LogP contribution < -0.4 is 5.73 Å². The van der Waals surface area contributed by atoms with Crippen LogP contribution in [0.2, 0.25) is 0 Å². The molecule has 2 aromatic rings. The van der Waals surface area contributed by atoms with E-state index in [1.807, 2.05) is 31.2 Å². The van der Waals surface area contributed by atoms with Crippen LogP contribution in [0.1, 0.15) is 16.7 Å². The minimum absolute atomic E-state index is 0.179. The van der Waals surface area contributed by atoms with Crippen molar-refractivity contribution < 1.29 is 4.92 Å². The van der Waals surface area contributed by atoms with Crippen molar-refractivity contribution in [3.05, 3.63) is 75.3 Å². The molecule has 0 aliphatic heterocycles. The van der Waals surface area contributed by atoms with Gasteiger partial charge in [0.2, 0.25) is 0 Å². The fourth-order valence-corrected chi connectivity index (χ4v) is 2.66. The van der Waals surface area contributed by atoms with Crippen molar-refractivity contribution in [2.24, 2.45) is 5.73 Å². The first-order chi connectivity index (χ1) is 11.1. The lowest BCUT2D eigenvalue weighted by atomic mass is 10.1. The van der Waals surface area contributed by atoms with Crippen molar-refractivity contribution in [2.45, 2.75) is 19.9 Å². The molecule has 0 bridgehead atoms. The zero-order valence-electron chi connectivity index (χ0n) is 13.4. The quantitative estimate of drug-likeness (QED) is 0.601. The average molecular weight is 313 g/mol. The summed E-state index contributed by atoms with van der Waals surface area (Å²) in [6.45, 7) is 4.71. The van der Waals surface area contributed by atoms with E-state index in [1.54, 1.807) is 12.1 Å². The van der Waals surface area contributed by atoms with Crippen LogP contribution in [0.15, 0.2) is 48.5 Å². The molecule has 122 valence electrons. The summed E-state index contributed by atoms with van der Waals surface area (Å²) in [6.07, 6.45) is 0.939. The minimum atomic E-state index is -0.323. The number of benzene rings is 2. The first kappa shape index (κ1) is 17.1. The Kier molecular flexibility index (Phi) is 6.26. The Morgan fingerprint density at radius 1 is 1.09 bits per heavy atom. The molecule has 0 unspecified atom stereocenters. The molecule has 2 N–H and O–H groups in total. The Labute approximate surface area is 136 Å². The molecule has 0 spiro atoms. The maximum atomic E-state index is 11.1. The summed E-state index contributed by atoms with van der Waals surface area (Å²) >= 11 is 0. The molecule has 0 aliphatic carbocycles. The van der Waals surface area contributed by atoms with Crippen molar-refractivity contribution in [1.29, 1.82) is 0 Å². The van der Waals surface area contributed by atoms with Gasteiger partial charge in [-0.2, -0.15) is 0 Å². The standard InChI is InChI=1S/C18H23N3O2/c1-15-17(8-5-9-18(15)21(22)23)14-20(13-11-19)12-10-16-6-3-2-4-7-16/h2-9H,10-14,19H2,1H3. The van der Waals surface area contributed by atoms with E-state index in [1.165, 1.54) is 5.56 Å². The van der Waals surface area contributed by atoms with E-state index in [2.05, 4.69) is 17.0 Å². The monoisotopic (exact) mass is 313 g/mol. The van der Waals surface area contributed by atoms with Crippen LogP contribution in [0.25, 0.3) is 0 Å². The summed E-state index contributed by atoms with van der Waals surface area (Å²) in [7, 11) is 0. The fraction of sp³-hybridized carbons (Fsp3) is 0.333. The van der Waals surface area contributed by atoms with Crippen LogP contribution >= 0.6 is 0 Å². The molecule has 5 heteroatoms. The normalized spacial score (nSPS) is 10.9. The molecule has 2 rings (SSSR count). The van der Waals surface area contributed by atoms with Gasteiger partial charge in [0.05, 0.1) is 4.92 Å².